The zero-order valence-electron chi connectivity index (χ0n) is 14.8. The molecule has 0 atom stereocenters. The first-order valence-corrected chi connectivity index (χ1v) is 9.07. The molecule has 2 aromatic carbocycles. The number of halogens is 3. The minimum Gasteiger partial charge on any atom is -0.450 e. The molecule has 0 fully saturated rings. The number of esters is 1. The Kier molecular flexibility index (Phi) is 4.65. The van der Waals surface area contributed by atoms with Crippen LogP contribution in [0.15, 0.2) is 45.3 Å². The van der Waals surface area contributed by atoms with Crippen LogP contribution in [0.25, 0.3) is 11.0 Å². The molecule has 1 aliphatic heterocycles. The van der Waals surface area contributed by atoms with Crippen molar-refractivity contribution in [3.05, 3.63) is 52.2 Å². The van der Waals surface area contributed by atoms with Gasteiger partial charge in [-0.15, -0.1) is 8.78 Å². The molecule has 3 aromatic rings. The van der Waals surface area contributed by atoms with Crippen LogP contribution >= 0.6 is 15.9 Å². The van der Waals surface area contributed by atoms with Crippen LogP contribution in [0.2, 0.25) is 0 Å². The van der Waals surface area contributed by atoms with Gasteiger partial charge in [0, 0.05) is 27.2 Å². The van der Waals surface area contributed by atoms with E-state index in [9.17, 15) is 18.4 Å². The SMILES string of the molecule is Cc1c(C(=O)OCC(=O)Nc2ccc3c(c2)OC(F)(F)O3)oc2ccc(Br)cc12. The standard InChI is InChI=1S/C19H12BrF2NO6/c1-9-12-6-10(20)2-4-13(12)27-17(9)18(25)26-8-16(24)23-11-3-5-14-15(7-11)29-19(21,22)28-14/h2-7H,8H2,1H3,(H,23,24). The Morgan fingerprint density at radius 3 is 2.69 bits per heavy atom. The molecule has 4 rings (SSSR count). The van der Waals surface area contributed by atoms with Gasteiger partial charge in [0.2, 0.25) is 5.76 Å². The second-order valence-corrected chi connectivity index (χ2v) is 7.07. The highest BCUT2D eigenvalue weighted by atomic mass is 79.9. The van der Waals surface area contributed by atoms with E-state index in [-0.39, 0.29) is 22.9 Å². The van der Waals surface area contributed by atoms with Crippen molar-refractivity contribution in [1.82, 2.24) is 0 Å². The maximum Gasteiger partial charge on any atom is 0.586 e. The average molecular weight is 468 g/mol. The van der Waals surface area contributed by atoms with Crippen LogP contribution in [0.3, 0.4) is 0 Å². The number of alkyl halides is 2. The van der Waals surface area contributed by atoms with Gasteiger partial charge in [-0.2, -0.15) is 0 Å². The molecule has 0 radical (unpaired) electrons. The number of fused-ring (bicyclic) bond motifs is 2. The molecule has 1 aliphatic rings. The van der Waals surface area contributed by atoms with Gasteiger partial charge in [0.15, 0.2) is 18.1 Å². The number of aryl methyl sites for hydroxylation is 1. The van der Waals surface area contributed by atoms with E-state index in [1.807, 2.05) is 0 Å². The molecular formula is C19H12BrF2NO6. The fourth-order valence-electron chi connectivity index (χ4n) is 2.81. The summed E-state index contributed by atoms with van der Waals surface area (Å²) in [5.41, 5.74) is 1.28. The predicted molar refractivity (Wildman–Crippen MR) is 100 cm³/mol. The number of hydrogen-bond acceptors (Lipinski definition) is 6. The van der Waals surface area contributed by atoms with E-state index in [2.05, 4.69) is 30.7 Å². The first kappa shape index (κ1) is 19.2. The molecule has 0 saturated heterocycles. The highest BCUT2D eigenvalue weighted by molar-refractivity contribution is 9.10. The van der Waals surface area contributed by atoms with Crippen LogP contribution in [0.1, 0.15) is 16.1 Å². The van der Waals surface area contributed by atoms with Gasteiger partial charge in [-0.05, 0) is 37.3 Å². The highest BCUT2D eigenvalue weighted by Crippen LogP contribution is 2.42. The van der Waals surface area contributed by atoms with Gasteiger partial charge in [0.25, 0.3) is 5.91 Å². The van der Waals surface area contributed by atoms with Crippen molar-refractivity contribution in [3.63, 3.8) is 0 Å². The number of benzene rings is 2. The van der Waals surface area contributed by atoms with Crippen LogP contribution in [-0.2, 0) is 9.53 Å². The molecule has 1 N–H and O–H groups in total. The summed E-state index contributed by atoms with van der Waals surface area (Å²) in [5.74, 6) is -1.83. The first-order chi connectivity index (χ1) is 13.7. The minimum atomic E-state index is -3.75. The Morgan fingerprint density at radius 1 is 1.14 bits per heavy atom. The predicted octanol–water partition coefficient (Wildman–Crippen LogP) is 4.62. The molecule has 0 saturated carbocycles. The summed E-state index contributed by atoms with van der Waals surface area (Å²) in [5, 5.41) is 3.16. The van der Waals surface area contributed by atoms with E-state index in [1.54, 1.807) is 25.1 Å². The lowest BCUT2D eigenvalue weighted by Crippen LogP contribution is -2.25. The number of amides is 1. The number of hydrogen-bond donors (Lipinski definition) is 1. The summed E-state index contributed by atoms with van der Waals surface area (Å²) in [6, 6.07) is 9.05. The number of ether oxygens (including phenoxy) is 3. The number of carbonyl (C=O) groups excluding carboxylic acids is 2. The largest absolute Gasteiger partial charge is 0.586 e. The number of anilines is 1. The summed E-state index contributed by atoms with van der Waals surface area (Å²) >= 11 is 3.35. The van der Waals surface area contributed by atoms with E-state index in [1.165, 1.54) is 18.2 Å². The molecule has 150 valence electrons. The van der Waals surface area contributed by atoms with E-state index in [4.69, 9.17) is 9.15 Å². The Labute approximate surface area is 170 Å². The third-order valence-electron chi connectivity index (χ3n) is 4.10. The van der Waals surface area contributed by atoms with Crippen molar-refractivity contribution < 1.29 is 37.0 Å². The highest BCUT2D eigenvalue weighted by Gasteiger charge is 2.43. The second-order valence-electron chi connectivity index (χ2n) is 6.15. The monoisotopic (exact) mass is 467 g/mol. The van der Waals surface area contributed by atoms with Crippen LogP contribution < -0.4 is 14.8 Å². The van der Waals surface area contributed by atoms with Crippen molar-refractivity contribution >= 4 is 44.5 Å². The Morgan fingerprint density at radius 2 is 1.90 bits per heavy atom. The number of carbonyl (C=O) groups is 2. The van der Waals surface area contributed by atoms with Crippen LogP contribution in [-0.4, -0.2) is 24.8 Å². The van der Waals surface area contributed by atoms with Gasteiger partial charge in [-0.3, -0.25) is 4.79 Å². The lowest BCUT2D eigenvalue weighted by atomic mass is 10.1. The van der Waals surface area contributed by atoms with Gasteiger partial charge in [-0.25, -0.2) is 4.79 Å². The van der Waals surface area contributed by atoms with Gasteiger partial charge < -0.3 is 23.9 Å². The van der Waals surface area contributed by atoms with Crippen LogP contribution in [0, 0.1) is 6.92 Å². The molecule has 0 spiro atoms. The van der Waals surface area contributed by atoms with E-state index < -0.39 is 24.8 Å². The maximum atomic E-state index is 13.0. The molecule has 0 aliphatic carbocycles. The fourth-order valence-corrected chi connectivity index (χ4v) is 3.17. The number of rotatable bonds is 4. The zero-order chi connectivity index (χ0) is 20.8. The maximum absolute atomic E-state index is 13.0. The lowest BCUT2D eigenvalue weighted by Gasteiger charge is -2.06. The summed E-state index contributed by atoms with van der Waals surface area (Å²) < 4.78 is 46.0. The molecule has 0 unspecified atom stereocenters. The van der Waals surface area contributed by atoms with Gasteiger partial charge in [0.05, 0.1) is 0 Å². The second kappa shape index (κ2) is 7.03. The normalized spacial score (nSPS) is 14.1. The van der Waals surface area contributed by atoms with Crippen molar-refractivity contribution in [2.24, 2.45) is 0 Å². The molecule has 1 amide bonds. The fraction of sp³-hybridized carbons (Fsp3) is 0.158. The van der Waals surface area contributed by atoms with Crippen LogP contribution in [0.4, 0.5) is 14.5 Å². The van der Waals surface area contributed by atoms with Crippen molar-refractivity contribution in [1.29, 1.82) is 0 Å². The van der Waals surface area contributed by atoms with E-state index in [0.29, 0.717) is 11.1 Å². The number of nitrogens with one attached hydrogen (secondary N) is 1. The summed E-state index contributed by atoms with van der Waals surface area (Å²) in [7, 11) is 0. The first-order valence-electron chi connectivity index (χ1n) is 8.27. The summed E-state index contributed by atoms with van der Waals surface area (Å²) in [6.45, 7) is 1.11. The zero-order valence-corrected chi connectivity index (χ0v) is 16.3. The Hall–Kier alpha value is -3.14. The molecule has 29 heavy (non-hydrogen) atoms. The van der Waals surface area contributed by atoms with Crippen molar-refractivity contribution in [2.45, 2.75) is 13.2 Å². The van der Waals surface area contributed by atoms with E-state index in [0.717, 1.165) is 9.86 Å². The van der Waals surface area contributed by atoms with Gasteiger partial charge in [-0.1, -0.05) is 15.9 Å². The third kappa shape index (κ3) is 3.88. The van der Waals surface area contributed by atoms with Gasteiger partial charge >= 0.3 is 12.3 Å². The Balaban J connectivity index is 1.39. The van der Waals surface area contributed by atoms with E-state index >= 15 is 0 Å². The third-order valence-corrected chi connectivity index (χ3v) is 4.60. The Bertz CT molecular complexity index is 1140. The summed E-state index contributed by atoms with van der Waals surface area (Å²) in [4.78, 5) is 24.3. The smallest absolute Gasteiger partial charge is 0.450 e. The quantitative estimate of drug-likeness (QED) is 0.563. The lowest BCUT2D eigenvalue weighted by molar-refractivity contribution is -0.286. The van der Waals surface area contributed by atoms with Crippen molar-refractivity contribution in [3.8, 4) is 11.5 Å². The molecule has 1 aromatic heterocycles. The topological polar surface area (TPSA) is 87.0 Å². The molecule has 10 heteroatoms. The molecular weight excluding hydrogens is 456 g/mol. The number of furan rings is 1. The molecule has 2 heterocycles. The average Bonchev–Trinajstić information content (AvgIpc) is 3.14. The minimum absolute atomic E-state index is 0.00351. The van der Waals surface area contributed by atoms with Crippen molar-refractivity contribution in [2.75, 3.05) is 11.9 Å². The van der Waals surface area contributed by atoms with Crippen LogP contribution in [0.5, 0.6) is 11.5 Å². The van der Waals surface area contributed by atoms with Gasteiger partial charge in [0.1, 0.15) is 5.58 Å². The molecule has 7 nitrogen and oxygen atoms in total. The molecule has 0 bridgehead atoms. The summed E-state index contributed by atoms with van der Waals surface area (Å²) in [6.07, 6.45) is -3.75.